The van der Waals surface area contributed by atoms with Gasteiger partial charge in [0.1, 0.15) is 5.82 Å². The predicted molar refractivity (Wildman–Crippen MR) is 69.8 cm³/mol. The highest BCUT2D eigenvalue weighted by Crippen LogP contribution is 2.37. The SMILES string of the molecule is Cc1cnc(N)nc1NCC1(C)CCCS1. The number of nitrogens with two attached hydrogens (primary N) is 1. The van der Waals surface area contributed by atoms with Gasteiger partial charge in [-0.2, -0.15) is 16.7 Å². The number of nitrogen functional groups attached to an aromatic ring is 1. The van der Waals surface area contributed by atoms with Crippen molar-refractivity contribution in [3.63, 3.8) is 0 Å². The standard InChI is InChI=1S/C11H18N4S/c1-8-6-13-10(12)15-9(8)14-7-11(2)4-3-5-16-11/h6H,3-5,7H2,1-2H3,(H3,12,13,14,15). The molecule has 1 atom stereocenters. The van der Waals surface area contributed by atoms with Gasteiger partial charge in [-0.15, -0.1) is 0 Å². The van der Waals surface area contributed by atoms with E-state index < -0.39 is 0 Å². The molecule has 0 amide bonds. The Labute approximate surface area is 100 Å². The summed E-state index contributed by atoms with van der Waals surface area (Å²) in [5.41, 5.74) is 6.62. The molecular formula is C11H18N4S. The van der Waals surface area contributed by atoms with Crippen LogP contribution in [0.3, 0.4) is 0 Å². The van der Waals surface area contributed by atoms with Crippen molar-refractivity contribution in [2.75, 3.05) is 23.3 Å². The lowest BCUT2D eigenvalue weighted by atomic mass is 10.1. The number of thioether (sulfide) groups is 1. The molecule has 1 saturated heterocycles. The molecule has 4 nitrogen and oxygen atoms in total. The Morgan fingerprint density at radius 1 is 1.62 bits per heavy atom. The summed E-state index contributed by atoms with van der Waals surface area (Å²) >= 11 is 2.04. The molecule has 2 rings (SSSR count). The van der Waals surface area contributed by atoms with Crippen LogP contribution in [-0.2, 0) is 0 Å². The Balaban J connectivity index is 2.01. The number of aryl methyl sites for hydroxylation is 1. The van der Waals surface area contributed by atoms with Crippen LogP contribution in [0.25, 0.3) is 0 Å². The van der Waals surface area contributed by atoms with Gasteiger partial charge < -0.3 is 11.1 Å². The molecule has 0 aliphatic carbocycles. The van der Waals surface area contributed by atoms with Crippen LogP contribution in [-0.4, -0.2) is 27.0 Å². The highest BCUT2D eigenvalue weighted by Gasteiger charge is 2.29. The van der Waals surface area contributed by atoms with Crippen LogP contribution in [0.4, 0.5) is 11.8 Å². The highest BCUT2D eigenvalue weighted by molar-refractivity contribution is 8.00. The number of hydrogen-bond acceptors (Lipinski definition) is 5. The fraction of sp³-hybridized carbons (Fsp3) is 0.636. The molecule has 1 aromatic heterocycles. The Hall–Kier alpha value is -0.970. The number of anilines is 2. The summed E-state index contributed by atoms with van der Waals surface area (Å²) in [6.07, 6.45) is 4.34. The summed E-state index contributed by atoms with van der Waals surface area (Å²) in [4.78, 5) is 8.17. The van der Waals surface area contributed by atoms with Gasteiger partial charge in [-0.25, -0.2) is 4.98 Å². The lowest BCUT2D eigenvalue weighted by Crippen LogP contribution is -2.27. The van der Waals surface area contributed by atoms with Crippen LogP contribution in [0, 0.1) is 6.92 Å². The Kier molecular flexibility index (Phi) is 3.23. The minimum atomic E-state index is 0.331. The molecule has 0 radical (unpaired) electrons. The van der Waals surface area contributed by atoms with E-state index in [1.54, 1.807) is 6.20 Å². The molecular weight excluding hydrogens is 220 g/mol. The number of nitrogens with zero attached hydrogens (tertiary/aromatic N) is 2. The summed E-state index contributed by atoms with van der Waals surface area (Å²) in [6, 6.07) is 0. The molecule has 1 fully saturated rings. The summed E-state index contributed by atoms with van der Waals surface area (Å²) in [6.45, 7) is 5.23. The molecule has 16 heavy (non-hydrogen) atoms. The minimum absolute atomic E-state index is 0.331. The van der Waals surface area contributed by atoms with Gasteiger partial charge in [-0.1, -0.05) is 0 Å². The van der Waals surface area contributed by atoms with Crippen molar-refractivity contribution >= 4 is 23.5 Å². The smallest absolute Gasteiger partial charge is 0.221 e. The second-order valence-electron chi connectivity index (χ2n) is 4.52. The third-order valence-corrected chi connectivity index (χ3v) is 4.46. The first-order chi connectivity index (χ1) is 7.59. The molecule has 88 valence electrons. The highest BCUT2D eigenvalue weighted by atomic mass is 32.2. The zero-order valence-electron chi connectivity index (χ0n) is 9.79. The molecule has 2 heterocycles. The van der Waals surface area contributed by atoms with Crippen molar-refractivity contribution in [1.29, 1.82) is 0 Å². The van der Waals surface area contributed by atoms with E-state index in [4.69, 9.17) is 5.73 Å². The predicted octanol–water partition coefficient (Wildman–Crippen LogP) is 2.06. The molecule has 0 saturated carbocycles. The van der Waals surface area contributed by atoms with Crippen LogP contribution in [0.1, 0.15) is 25.3 Å². The molecule has 1 aromatic rings. The van der Waals surface area contributed by atoms with E-state index >= 15 is 0 Å². The van der Waals surface area contributed by atoms with E-state index in [0.29, 0.717) is 10.7 Å². The Bertz CT molecular complexity index is 374. The van der Waals surface area contributed by atoms with Crippen LogP contribution in [0.15, 0.2) is 6.20 Å². The van der Waals surface area contributed by atoms with E-state index in [9.17, 15) is 0 Å². The van der Waals surface area contributed by atoms with Gasteiger partial charge in [0.15, 0.2) is 0 Å². The summed E-state index contributed by atoms with van der Waals surface area (Å²) in [5.74, 6) is 2.46. The zero-order valence-corrected chi connectivity index (χ0v) is 10.6. The fourth-order valence-corrected chi connectivity index (χ4v) is 3.13. The summed E-state index contributed by atoms with van der Waals surface area (Å²) < 4.78 is 0.339. The lowest BCUT2D eigenvalue weighted by Gasteiger charge is -2.23. The second-order valence-corrected chi connectivity index (χ2v) is 6.20. The number of rotatable bonds is 3. The third kappa shape index (κ3) is 2.58. The maximum atomic E-state index is 5.58. The third-order valence-electron chi connectivity index (χ3n) is 2.92. The average molecular weight is 238 g/mol. The molecule has 5 heteroatoms. The van der Waals surface area contributed by atoms with Crippen molar-refractivity contribution in [3.05, 3.63) is 11.8 Å². The second kappa shape index (κ2) is 4.49. The number of aromatic nitrogens is 2. The van der Waals surface area contributed by atoms with Crippen LogP contribution >= 0.6 is 11.8 Å². The number of hydrogen-bond donors (Lipinski definition) is 2. The topological polar surface area (TPSA) is 63.8 Å². The summed E-state index contributed by atoms with van der Waals surface area (Å²) in [7, 11) is 0. The quantitative estimate of drug-likeness (QED) is 0.844. The van der Waals surface area contributed by atoms with Gasteiger partial charge in [-0.05, 0) is 32.4 Å². The first-order valence-corrected chi connectivity index (χ1v) is 6.55. The average Bonchev–Trinajstić information content (AvgIpc) is 2.67. The largest absolute Gasteiger partial charge is 0.368 e. The van der Waals surface area contributed by atoms with Gasteiger partial charge in [0.2, 0.25) is 5.95 Å². The van der Waals surface area contributed by atoms with Crippen molar-refractivity contribution < 1.29 is 0 Å². The maximum Gasteiger partial charge on any atom is 0.221 e. The van der Waals surface area contributed by atoms with Crippen LogP contribution < -0.4 is 11.1 Å². The minimum Gasteiger partial charge on any atom is -0.368 e. The molecule has 0 aromatic carbocycles. The van der Waals surface area contributed by atoms with E-state index in [0.717, 1.165) is 17.9 Å². The Morgan fingerprint density at radius 3 is 3.12 bits per heavy atom. The first-order valence-electron chi connectivity index (χ1n) is 5.56. The van der Waals surface area contributed by atoms with Gasteiger partial charge in [-0.3, -0.25) is 0 Å². The van der Waals surface area contributed by atoms with Gasteiger partial charge in [0.25, 0.3) is 0 Å². The monoisotopic (exact) mass is 238 g/mol. The van der Waals surface area contributed by atoms with Gasteiger partial charge in [0.05, 0.1) is 0 Å². The maximum absolute atomic E-state index is 5.58. The van der Waals surface area contributed by atoms with Crippen LogP contribution in [0.5, 0.6) is 0 Å². The van der Waals surface area contributed by atoms with E-state index in [1.807, 2.05) is 18.7 Å². The molecule has 1 aliphatic rings. The van der Waals surface area contributed by atoms with E-state index in [1.165, 1.54) is 18.6 Å². The van der Waals surface area contributed by atoms with Gasteiger partial charge in [0, 0.05) is 23.1 Å². The van der Waals surface area contributed by atoms with Crippen molar-refractivity contribution in [3.8, 4) is 0 Å². The molecule has 3 N–H and O–H groups in total. The first kappa shape index (κ1) is 11.5. The normalized spacial score (nSPS) is 24.6. The lowest BCUT2D eigenvalue weighted by molar-refractivity contribution is 0.633. The van der Waals surface area contributed by atoms with Crippen molar-refractivity contribution in [1.82, 2.24) is 9.97 Å². The molecule has 0 bridgehead atoms. The molecule has 0 spiro atoms. The van der Waals surface area contributed by atoms with Crippen molar-refractivity contribution in [2.24, 2.45) is 0 Å². The number of nitrogens with one attached hydrogen (secondary N) is 1. The summed E-state index contributed by atoms with van der Waals surface area (Å²) in [5, 5.41) is 3.38. The fourth-order valence-electron chi connectivity index (χ4n) is 1.88. The molecule has 1 unspecified atom stereocenters. The van der Waals surface area contributed by atoms with Crippen LogP contribution in [0.2, 0.25) is 0 Å². The van der Waals surface area contributed by atoms with Crippen molar-refractivity contribution in [2.45, 2.75) is 31.4 Å². The Morgan fingerprint density at radius 2 is 2.44 bits per heavy atom. The zero-order chi connectivity index (χ0) is 11.6. The molecule has 1 aliphatic heterocycles. The van der Waals surface area contributed by atoms with E-state index in [-0.39, 0.29) is 0 Å². The van der Waals surface area contributed by atoms with Gasteiger partial charge >= 0.3 is 0 Å². The van der Waals surface area contributed by atoms with E-state index in [2.05, 4.69) is 22.2 Å².